The average molecular weight is 281 g/mol. The second kappa shape index (κ2) is 9.10. The molecule has 0 bridgehead atoms. The third-order valence-corrected chi connectivity index (χ3v) is 3.61. The van der Waals surface area contributed by atoms with Crippen molar-refractivity contribution in [2.45, 2.75) is 39.3 Å². The van der Waals surface area contributed by atoms with Crippen molar-refractivity contribution < 1.29 is 0 Å². The molecule has 1 atom stereocenters. The number of hydrogen-bond donors (Lipinski definition) is 1. The lowest BCUT2D eigenvalue weighted by Gasteiger charge is -2.29. The van der Waals surface area contributed by atoms with Crippen molar-refractivity contribution >= 4 is 0 Å². The van der Waals surface area contributed by atoms with Gasteiger partial charge in [-0.15, -0.1) is 0 Å². The highest BCUT2D eigenvalue weighted by Crippen LogP contribution is 2.19. The predicted molar refractivity (Wildman–Crippen MR) is 84.7 cm³/mol. The van der Waals surface area contributed by atoms with E-state index in [0.29, 0.717) is 6.54 Å². The van der Waals surface area contributed by atoms with Crippen LogP contribution >= 0.6 is 0 Å². The highest BCUT2D eigenvalue weighted by molar-refractivity contribution is 5.11. The fourth-order valence-corrected chi connectivity index (χ4v) is 2.52. The van der Waals surface area contributed by atoms with Gasteiger partial charge in [0.25, 0.3) is 0 Å². The van der Waals surface area contributed by atoms with E-state index in [-0.39, 0.29) is 6.04 Å². The van der Waals surface area contributed by atoms with Gasteiger partial charge in [0.1, 0.15) is 0 Å². The molecule has 0 saturated heterocycles. The van der Waals surface area contributed by atoms with Gasteiger partial charge in [-0.2, -0.15) is 5.10 Å². The van der Waals surface area contributed by atoms with Crippen LogP contribution in [0.3, 0.4) is 0 Å². The predicted octanol–water partition coefficient (Wildman–Crippen LogP) is 1.57. The van der Waals surface area contributed by atoms with Crippen LogP contribution in [-0.2, 0) is 6.54 Å². The molecule has 5 heteroatoms. The molecule has 0 saturated carbocycles. The third-order valence-electron chi connectivity index (χ3n) is 3.61. The van der Waals surface area contributed by atoms with Gasteiger partial charge in [0.15, 0.2) is 0 Å². The summed E-state index contributed by atoms with van der Waals surface area (Å²) in [6.45, 7) is 9.21. The summed E-state index contributed by atoms with van der Waals surface area (Å²) in [5.74, 6) is 0. The molecule has 0 aliphatic rings. The van der Waals surface area contributed by atoms with Crippen LogP contribution < -0.4 is 5.73 Å². The van der Waals surface area contributed by atoms with E-state index in [4.69, 9.17) is 5.73 Å². The molecule has 1 aromatic heterocycles. The van der Waals surface area contributed by atoms with Crippen LogP contribution in [0.5, 0.6) is 0 Å². The van der Waals surface area contributed by atoms with E-state index in [9.17, 15) is 0 Å². The van der Waals surface area contributed by atoms with Gasteiger partial charge >= 0.3 is 0 Å². The van der Waals surface area contributed by atoms with E-state index in [2.05, 4.69) is 49.0 Å². The normalized spacial score (nSPS) is 13.3. The Balaban J connectivity index is 2.64. The van der Waals surface area contributed by atoms with Gasteiger partial charge < -0.3 is 10.6 Å². The third kappa shape index (κ3) is 5.23. The summed E-state index contributed by atoms with van der Waals surface area (Å²) in [5, 5.41) is 4.43. The van der Waals surface area contributed by atoms with Gasteiger partial charge in [-0.1, -0.05) is 13.8 Å². The van der Waals surface area contributed by atoms with Crippen LogP contribution in [0.15, 0.2) is 12.4 Å². The lowest BCUT2D eigenvalue weighted by atomic mass is 10.1. The minimum atomic E-state index is 0.285. The largest absolute Gasteiger partial charge is 0.329 e. The number of rotatable bonds is 10. The van der Waals surface area contributed by atoms with Crippen LogP contribution in [0.4, 0.5) is 0 Å². The van der Waals surface area contributed by atoms with E-state index >= 15 is 0 Å². The fraction of sp³-hybridized carbons (Fsp3) is 0.800. The first-order chi connectivity index (χ1) is 9.62. The molecular weight excluding hydrogens is 250 g/mol. The van der Waals surface area contributed by atoms with E-state index in [1.165, 1.54) is 12.0 Å². The number of hydrogen-bond acceptors (Lipinski definition) is 4. The maximum absolute atomic E-state index is 6.01. The van der Waals surface area contributed by atoms with Crippen LogP contribution in [0, 0.1) is 0 Å². The highest BCUT2D eigenvalue weighted by Gasteiger charge is 2.18. The first-order valence-corrected chi connectivity index (χ1v) is 7.73. The second-order valence-electron chi connectivity index (χ2n) is 5.57. The zero-order chi connectivity index (χ0) is 15.0. The van der Waals surface area contributed by atoms with E-state index in [1.807, 2.05) is 10.9 Å². The molecular formula is C15H31N5. The lowest BCUT2D eigenvalue weighted by Crippen LogP contribution is -2.35. The maximum Gasteiger partial charge on any atom is 0.0538 e. The van der Waals surface area contributed by atoms with E-state index in [0.717, 1.165) is 32.6 Å². The van der Waals surface area contributed by atoms with Gasteiger partial charge in [0, 0.05) is 31.4 Å². The summed E-state index contributed by atoms with van der Waals surface area (Å²) in [6.07, 6.45) is 6.40. The van der Waals surface area contributed by atoms with Crippen molar-refractivity contribution in [3.05, 3.63) is 18.0 Å². The Morgan fingerprint density at radius 2 is 2.05 bits per heavy atom. The van der Waals surface area contributed by atoms with Crippen molar-refractivity contribution in [3.63, 3.8) is 0 Å². The highest BCUT2D eigenvalue weighted by atomic mass is 15.3. The van der Waals surface area contributed by atoms with Crippen molar-refractivity contribution in [3.8, 4) is 0 Å². The molecule has 116 valence electrons. The Morgan fingerprint density at radius 1 is 1.30 bits per heavy atom. The molecule has 20 heavy (non-hydrogen) atoms. The minimum Gasteiger partial charge on any atom is -0.329 e. The van der Waals surface area contributed by atoms with E-state index < -0.39 is 0 Å². The SMILES string of the molecule is CCCn1cc(C(CN)N(CC)CCCN(C)C)cn1. The molecule has 1 rings (SSSR count). The first-order valence-electron chi connectivity index (χ1n) is 7.73. The van der Waals surface area contributed by atoms with Gasteiger partial charge in [0.05, 0.1) is 12.2 Å². The number of likely N-dealkylation sites (N-methyl/N-ethyl adjacent to an activating group) is 1. The molecule has 0 radical (unpaired) electrons. The molecule has 2 N–H and O–H groups in total. The van der Waals surface area contributed by atoms with Crippen LogP contribution in [0.2, 0.25) is 0 Å². The van der Waals surface area contributed by atoms with Crippen LogP contribution in [-0.4, -0.2) is 59.9 Å². The summed E-state index contributed by atoms with van der Waals surface area (Å²) in [6, 6.07) is 0.285. The van der Waals surface area contributed by atoms with Gasteiger partial charge in [-0.25, -0.2) is 0 Å². The Kier molecular flexibility index (Phi) is 7.80. The quantitative estimate of drug-likeness (QED) is 0.707. The minimum absolute atomic E-state index is 0.285. The molecule has 0 spiro atoms. The molecule has 0 amide bonds. The summed E-state index contributed by atoms with van der Waals surface area (Å²) in [5.41, 5.74) is 7.25. The molecule has 0 fully saturated rings. The molecule has 5 nitrogen and oxygen atoms in total. The summed E-state index contributed by atoms with van der Waals surface area (Å²) >= 11 is 0. The number of nitrogens with two attached hydrogens (primary N) is 1. The Morgan fingerprint density at radius 3 is 2.60 bits per heavy atom. The first kappa shape index (κ1) is 17.1. The lowest BCUT2D eigenvalue weighted by molar-refractivity contribution is 0.201. The van der Waals surface area contributed by atoms with Gasteiger partial charge in [-0.05, 0) is 40.0 Å². The monoisotopic (exact) mass is 281 g/mol. The van der Waals surface area contributed by atoms with Gasteiger partial charge in [0.2, 0.25) is 0 Å². The fourth-order valence-electron chi connectivity index (χ4n) is 2.52. The Labute approximate surface area is 123 Å². The standard InChI is InChI=1S/C15H31N5/c1-5-8-20-13-14(12-17-20)15(11-16)19(6-2)10-7-9-18(3)4/h12-13,15H,5-11,16H2,1-4H3. The van der Waals surface area contributed by atoms with E-state index in [1.54, 1.807) is 0 Å². The molecule has 1 heterocycles. The molecule has 0 aliphatic carbocycles. The van der Waals surface area contributed by atoms with Gasteiger partial charge in [-0.3, -0.25) is 9.58 Å². The van der Waals surface area contributed by atoms with Crippen molar-refractivity contribution in [1.29, 1.82) is 0 Å². The average Bonchev–Trinajstić information content (AvgIpc) is 2.86. The molecule has 0 aromatic carbocycles. The van der Waals surface area contributed by atoms with Crippen LogP contribution in [0.25, 0.3) is 0 Å². The number of aromatic nitrogens is 2. The van der Waals surface area contributed by atoms with Crippen LogP contribution in [0.1, 0.15) is 38.3 Å². The smallest absolute Gasteiger partial charge is 0.0538 e. The van der Waals surface area contributed by atoms with Crippen molar-refractivity contribution in [1.82, 2.24) is 19.6 Å². The summed E-state index contributed by atoms with van der Waals surface area (Å²) in [4.78, 5) is 4.68. The Hall–Kier alpha value is -0.910. The van der Waals surface area contributed by atoms with Crippen molar-refractivity contribution in [2.24, 2.45) is 5.73 Å². The zero-order valence-electron chi connectivity index (χ0n) is 13.5. The summed E-state index contributed by atoms with van der Waals surface area (Å²) in [7, 11) is 4.23. The maximum atomic E-state index is 6.01. The zero-order valence-corrected chi connectivity index (χ0v) is 13.5. The molecule has 0 aliphatic heterocycles. The molecule has 1 aromatic rings. The number of aryl methyl sites for hydroxylation is 1. The number of nitrogens with zero attached hydrogens (tertiary/aromatic N) is 4. The topological polar surface area (TPSA) is 50.3 Å². The summed E-state index contributed by atoms with van der Waals surface area (Å²) < 4.78 is 2.02. The molecule has 1 unspecified atom stereocenters. The second-order valence-corrected chi connectivity index (χ2v) is 5.57. The Bertz CT molecular complexity index is 361. The van der Waals surface area contributed by atoms with Crippen molar-refractivity contribution in [2.75, 3.05) is 40.3 Å².